The summed E-state index contributed by atoms with van der Waals surface area (Å²) in [5.74, 6) is 4.56. The van der Waals surface area contributed by atoms with Crippen LogP contribution in [0.2, 0.25) is 0 Å². The minimum atomic E-state index is -4.33. The van der Waals surface area contributed by atoms with Crippen molar-refractivity contribution in [1.29, 1.82) is 0 Å². The van der Waals surface area contributed by atoms with Crippen LogP contribution in [0.25, 0.3) is 0 Å². The van der Waals surface area contributed by atoms with E-state index in [1.807, 2.05) is 6.92 Å². The second-order valence-electron chi connectivity index (χ2n) is 11.7. The third-order valence-electron chi connectivity index (χ3n) is 9.98. The molecule has 2 nitrogen and oxygen atoms in total. The van der Waals surface area contributed by atoms with Gasteiger partial charge >= 0.3 is 6.18 Å². The van der Waals surface area contributed by atoms with E-state index in [4.69, 9.17) is 0 Å². The molecule has 1 N–H and O–H groups in total. The zero-order valence-corrected chi connectivity index (χ0v) is 19.6. The van der Waals surface area contributed by atoms with Gasteiger partial charge in [0.25, 0.3) is 0 Å². The molecule has 0 radical (unpaired) electrons. The summed E-state index contributed by atoms with van der Waals surface area (Å²) < 4.78 is 38.6. The van der Waals surface area contributed by atoms with E-state index in [1.54, 1.807) is 0 Å². The normalized spacial score (nSPS) is 45.1. The maximum atomic E-state index is 12.9. The summed E-state index contributed by atoms with van der Waals surface area (Å²) in [5.41, 5.74) is -0.845. The lowest BCUT2D eigenvalue weighted by Crippen LogP contribution is -2.50. The Labute approximate surface area is 188 Å². The summed E-state index contributed by atoms with van der Waals surface area (Å²) in [5, 5.41) is 12.4. The number of aryl methyl sites for hydroxylation is 1. The number of rotatable bonds is 3. The van der Waals surface area contributed by atoms with E-state index >= 15 is 0 Å². The van der Waals surface area contributed by atoms with Gasteiger partial charge in [-0.2, -0.15) is 13.2 Å². The van der Waals surface area contributed by atoms with Gasteiger partial charge in [0.15, 0.2) is 5.69 Å². The highest BCUT2D eigenvalue weighted by Gasteiger charge is 2.57. The van der Waals surface area contributed by atoms with Crippen molar-refractivity contribution in [2.75, 3.05) is 0 Å². The molecular weight excluding hydrogens is 419 g/mol. The quantitative estimate of drug-likeness (QED) is 0.527. The molecule has 1 aromatic rings. The van der Waals surface area contributed by atoms with E-state index in [9.17, 15) is 18.3 Å². The lowest BCUT2D eigenvalue weighted by molar-refractivity contribution is -0.140. The Morgan fingerprint density at radius 1 is 1.03 bits per heavy atom. The Morgan fingerprint density at radius 2 is 1.81 bits per heavy atom. The number of aliphatic hydroxyl groups is 1. The van der Waals surface area contributed by atoms with Crippen LogP contribution in [-0.2, 0) is 12.6 Å². The van der Waals surface area contributed by atoms with Crippen molar-refractivity contribution >= 4 is 11.3 Å². The van der Waals surface area contributed by atoms with Gasteiger partial charge in [0.05, 0.1) is 10.6 Å². The molecule has 174 valence electrons. The first-order chi connectivity index (χ1) is 14.6. The Kier molecular flexibility index (Phi) is 5.52. The summed E-state index contributed by atoms with van der Waals surface area (Å²) in [6.07, 6.45) is 8.16. The van der Waals surface area contributed by atoms with E-state index in [0.29, 0.717) is 28.7 Å². The van der Waals surface area contributed by atoms with E-state index in [-0.39, 0.29) is 0 Å². The van der Waals surface area contributed by atoms with Crippen LogP contribution in [0.15, 0.2) is 5.38 Å². The molecule has 4 aliphatic rings. The molecule has 8 atom stereocenters. The molecule has 1 heterocycles. The molecule has 5 rings (SSSR count). The van der Waals surface area contributed by atoms with Crippen molar-refractivity contribution in [2.45, 2.75) is 96.3 Å². The van der Waals surface area contributed by atoms with Gasteiger partial charge in [0.2, 0.25) is 0 Å². The van der Waals surface area contributed by atoms with E-state index < -0.39 is 17.5 Å². The fourth-order valence-corrected chi connectivity index (χ4v) is 9.34. The largest absolute Gasteiger partial charge is 0.434 e. The third kappa shape index (κ3) is 3.98. The Hall–Kier alpha value is -0.620. The smallest absolute Gasteiger partial charge is 0.390 e. The summed E-state index contributed by atoms with van der Waals surface area (Å²) in [7, 11) is 0. The highest BCUT2D eigenvalue weighted by atomic mass is 32.1. The molecule has 0 bridgehead atoms. The number of halogens is 3. The van der Waals surface area contributed by atoms with Crippen LogP contribution in [-0.4, -0.2) is 15.7 Å². The van der Waals surface area contributed by atoms with Crippen molar-refractivity contribution in [3.63, 3.8) is 0 Å². The number of hydrogen-bond acceptors (Lipinski definition) is 3. The van der Waals surface area contributed by atoms with Gasteiger partial charge in [-0.05, 0) is 118 Å². The minimum Gasteiger partial charge on any atom is -0.390 e. The zero-order valence-electron chi connectivity index (χ0n) is 18.8. The molecule has 4 fully saturated rings. The van der Waals surface area contributed by atoms with Gasteiger partial charge in [-0.25, -0.2) is 4.98 Å². The number of thiazole rings is 1. The molecule has 0 unspecified atom stereocenters. The molecule has 31 heavy (non-hydrogen) atoms. The summed E-state index contributed by atoms with van der Waals surface area (Å²) in [6, 6.07) is 0. The predicted molar refractivity (Wildman–Crippen MR) is 117 cm³/mol. The molecular formula is C25H36F3NOS. The molecule has 0 aliphatic heterocycles. The number of nitrogens with zero attached hydrogens (tertiary/aromatic N) is 1. The Balaban J connectivity index is 1.24. The van der Waals surface area contributed by atoms with Gasteiger partial charge in [-0.15, -0.1) is 11.3 Å². The molecule has 6 heteroatoms. The second kappa shape index (κ2) is 7.72. The topological polar surface area (TPSA) is 33.1 Å². The highest BCUT2D eigenvalue weighted by Crippen LogP contribution is 2.65. The first-order valence-electron chi connectivity index (χ1n) is 12.3. The van der Waals surface area contributed by atoms with Gasteiger partial charge < -0.3 is 5.11 Å². The molecule has 0 saturated heterocycles. The van der Waals surface area contributed by atoms with Crippen LogP contribution >= 0.6 is 11.3 Å². The van der Waals surface area contributed by atoms with Crippen molar-refractivity contribution in [3.8, 4) is 0 Å². The maximum absolute atomic E-state index is 12.9. The standard InChI is InChI=1S/C25H36F3NOS/c1-23(30)11-9-17-15(13-23)3-6-19-18(17)10-12-24(2)16(4-7-20(19)24)5-8-22-29-21(14-31-22)25(26,27)28/h14-20,30H,3-13H2,1-2H3/t15-,16-,17+,18-,19-,20+,23-,24-/m1/s1. The fraction of sp³-hybridized carbons (Fsp3) is 0.880. The summed E-state index contributed by atoms with van der Waals surface area (Å²) in [6.45, 7) is 4.52. The second-order valence-corrected chi connectivity index (χ2v) is 12.6. The molecule has 4 aliphatic carbocycles. The van der Waals surface area contributed by atoms with E-state index in [2.05, 4.69) is 11.9 Å². The van der Waals surface area contributed by atoms with Crippen molar-refractivity contribution in [1.82, 2.24) is 4.98 Å². The van der Waals surface area contributed by atoms with Crippen LogP contribution in [0.1, 0.15) is 88.8 Å². The first kappa shape index (κ1) is 22.2. The van der Waals surface area contributed by atoms with E-state index in [1.165, 1.54) is 61.7 Å². The van der Waals surface area contributed by atoms with Crippen molar-refractivity contribution in [2.24, 2.45) is 40.9 Å². The minimum absolute atomic E-state index is 0.346. The molecule has 0 spiro atoms. The van der Waals surface area contributed by atoms with Gasteiger partial charge in [-0.3, -0.25) is 0 Å². The number of alkyl halides is 3. The lowest BCUT2D eigenvalue weighted by Gasteiger charge is -2.57. The van der Waals surface area contributed by atoms with Gasteiger partial charge in [0, 0.05) is 5.38 Å². The summed E-state index contributed by atoms with van der Waals surface area (Å²) in [4.78, 5) is 3.86. The van der Waals surface area contributed by atoms with Crippen LogP contribution in [0, 0.1) is 40.9 Å². The average molecular weight is 456 g/mol. The van der Waals surface area contributed by atoms with Crippen LogP contribution in [0.4, 0.5) is 13.2 Å². The highest BCUT2D eigenvalue weighted by molar-refractivity contribution is 7.09. The Morgan fingerprint density at radius 3 is 2.55 bits per heavy atom. The fourth-order valence-electron chi connectivity index (χ4n) is 8.52. The lowest BCUT2D eigenvalue weighted by atomic mass is 9.49. The van der Waals surface area contributed by atoms with Gasteiger partial charge in [0.1, 0.15) is 0 Å². The van der Waals surface area contributed by atoms with Crippen molar-refractivity contribution < 1.29 is 18.3 Å². The maximum Gasteiger partial charge on any atom is 0.434 e. The van der Waals surface area contributed by atoms with E-state index in [0.717, 1.165) is 42.9 Å². The average Bonchev–Trinajstić information content (AvgIpc) is 3.29. The Bertz CT molecular complexity index is 805. The predicted octanol–water partition coefficient (Wildman–Crippen LogP) is 7.11. The number of aromatic nitrogens is 1. The summed E-state index contributed by atoms with van der Waals surface area (Å²) >= 11 is 1.17. The first-order valence-corrected chi connectivity index (χ1v) is 13.2. The SMILES string of the molecule is C[C@@]1(O)CC[C@H]2[C@H](CC[C@@H]3[C@@H]2CC[C@]2(C)[C@@H](CCc4nc(C(F)(F)F)cs4)CC[C@@H]32)C1. The van der Waals surface area contributed by atoms with Gasteiger partial charge in [-0.1, -0.05) is 6.92 Å². The molecule has 0 amide bonds. The zero-order chi connectivity index (χ0) is 22.0. The number of fused-ring (bicyclic) bond motifs is 5. The van der Waals surface area contributed by atoms with Crippen molar-refractivity contribution in [3.05, 3.63) is 16.1 Å². The third-order valence-corrected chi connectivity index (χ3v) is 10.9. The number of hydrogen-bond donors (Lipinski definition) is 1. The van der Waals surface area contributed by atoms with Crippen LogP contribution < -0.4 is 0 Å². The van der Waals surface area contributed by atoms with Crippen LogP contribution in [0.5, 0.6) is 0 Å². The molecule has 0 aromatic carbocycles. The monoisotopic (exact) mass is 455 g/mol. The van der Waals surface area contributed by atoms with Crippen LogP contribution in [0.3, 0.4) is 0 Å². The molecule has 1 aromatic heterocycles. The molecule has 4 saturated carbocycles.